The van der Waals surface area contributed by atoms with Crippen molar-refractivity contribution in [1.82, 2.24) is 10.3 Å². The second-order valence-electron chi connectivity index (χ2n) is 3.55. The van der Waals surface area contributed by atoms with E-state index in [1.807, 2.05) is 13.8 Å². The van der Waals surface area contributed by atoms with Gasteiger partial charge in [-0.3, -0.25) is 4.21 Å². The van der Waals surface area contributed by atoms with Crippen molar-refractivity contribution in [3.05, 3.63) is 15.6 Å². The summed E-state index contributed by atoms with van der Waals surface area (Å²) in [6.45, 7) is 5.88. The quantitative estimate of drug-likeness (QED) is 0.776. The van der Waals surface area contributed by atoms with Gasteiger partial charge in [0, 0.05) is 34.2 Å². The number of nitrogens with zero attached hydrogens (tertiary/aromatic N) is 1. The molecule has 0 aliphatic carbocycles. The van der Waals surface area contributed by atoms with Gasteiger partial charge in [-0.05, 0) is 26.8 Å². The maximum atomic E-state index is 10.8. The molecule has 86 valence electrons. The number of aryl methyl sites for hydroxylation is 2. The van der Waals surface area contributed by atoms with Crippen LogP contribution in [-0.4, -0.2) is 27.7 Å². The van der Waals surface area contributed by atoms with Crippen molar-refractivity contribution in [2.45, 2.75) is 26.8 Å². The Morgan fingerprint density at radius 1 is 1.47 bits per heavy atom. The van der Waals surface area contributed by atoms with Crippen LogP contribution in [0.1, 0.15) is 22.0 Å². The largest absolute Gasteiger partial charge is 0.312 e. The fraction of sp³-hybridized carbons (Fsp3) is 0.700. The van der Waals surface area contributed by atoms with Crippen LogP contribution < -0.4 is 5.32 Å². The highest BCUT2D eigenvalue weighted by Gasteiger charge is 2.03. The Balaban J connectivity index is 2.20. The zero-order valence-electron chi connectivity index (χ0n) is 9.50. The highest BCUT2D eigenvalue weighted by molar-refractivity contribution is 7.84. The van der Waals surface area contributed by atoms with E-state index in [1.54, 1.807) is 17.6 Å². The Bertz CT molecular complexity index is 336. The molecule has 1 aromatic heterocycles. The van der Waals surface area contributed by atoms with E-state index in [0.29, 0.717) is 0 Å². The third kappa shape index (κ3) is 4.86. The van der Waals surface area contributed by atoms with Gasteiger partial charge < -0.3 is 5.32 Å². The molecule has 1 atom stereocenters. The van der Waals surface area contributed by atoms with E-state index in [0.717, 1.165) is 36.0 Å². The molecule has 0 radical (unpaired) electrons. The first-order valence-electron chi connectivity index (χ1n) is 5.03. The number of nitrogens with one attached hydrogen (secondary N) is 1. The molecular weight excluding hydrogens is 228 g/mol. The summed E-state index contributed by atoms with van der Waals surface area (Å²) in [5.41, 5.74) is 1.13. The van der Waals surface area contributed by atoms with Crippen LogP contribution in [-0.2, 0) is 17.3 Å². The second kappa shape index (κ2) is 6.35. The highest BCUT2D eigenvalue weighted by Crippen LogP contribution is 2.16. The van der Waals surface area contributed by atoms with E-state index in [-0.39, 0.29) is 0 Å². The molecular formula is C10H18N2OS2. The van der Waals surface area contributed by atoms with E-state index in [2.05, 4.69) is 10.3 Å². The summed E-state index contributed by atoms with van der Waals surface area (Å²) < 4.78 is 10.8. The van der Waals surface area contributed by atoms with Gasteiger partial charge in [-0.1, -0.05) is 0 Å². The van der Waals surface area contributed by atoms with E-state index in [1.165, 1.54) is 4.88 Å². The average Bonchev–Trinajstić information content (AvgIpc) is 2.44. The number of aromatic nitrogens is 1. The third-order valence-electron chi connectivity index (χ3n) is 2.07. The highest BCUT2D eigenvalue weighted by atomic mass is 32.2. The van der Waals surface area contributed by atoms with Crippen molar-refractivity contribution < 1.29 is 4.21 Å². The van der Waals surface area contributed by atoms with Gasteiger partial charge in [-0.2, -0.15) is 0 Å². The molecule has 15 heavy (non-hydrogen) atoms. The summed E-state index contributed by atoms with van der Waals surface area (Å²) in [5, 5.41) is 4.47. The smallest absolute Gasteiger partial charge is 0.0900 e. The van der Waals surface area contributed by atoms with Crippen molar-refractivity contribution in [2.24, 2.45) is 0 Å². The van der Waals surface area contributed by atoms with Crippen LogP contribution >= 0.6 is 11.3 Å². The zero-order valence-corrected chi connectivity index (χ0v) is 11.1. The molecule has 0 bridgehead atoms. The summed E-state index contributed by atoms with van der Waals surface area (Å²) in [6, 6.07) is 0. The Labute approximate surface area is 97.8 Å². The topological polar surface area (TPSA) is 42.0 Å². The van der Waals surface area contributed by atoms with Crippen LogP contribution in [0.4, 0.5) is 0 Å². The van der Waals surface area contributed by atoms with Crippen LogP contribution in [0.3, 0.4) is 0 Å². The average molecular weight is 246 g/mol. The number of rotatable bonds is 6. The van der Waals surface area contributed by atoms with Gasteiger partial charge in [0.05, 0.1) is 10.7 Å². The summed E-state index contributed by atoms with van der Waals surface area (Å²) in [7, 11) is -0.664. The molecule has 1 unspecified atom stereocenters. The maximum Gasteiger partial charge on any atom is 0.0900 e. The summed E-state index contributed by atoms with van der Waals surface area (Å²) in [4.78, 5) is 5.68. The minimum absolute atomic E-state index is 0.664. The standard InChI is InChI=1S/C10H18N2OS2/c1-8-10(14-9(2)12-8)7-11-5-4-6-15(3)13/h11H,4-7H2,1-3H3. The summed E-state index contributed by atoms with van der Waals surface area (Å²) >= 11 is 1.75. The van der Waals surface area contributed by atoms with Gasteiger partial charge in [-0.15, -0.1) is 11.3 Å². The molecule has 1 rings (SSSR count). The predicted octanol–water partition coefficient (Wildman–Crippen LogP) is 1.62. The van der Waals surface area contributed by atoms with Crippen LogP contribution in [0.15, 0.2) is 0 Å². The van der Waals surface area contributed by atoms with E-state index in [9.17, 15) is 4.21 Å². The third-order valence-corrected chi connectivity index (χ3v) is 4.01. The van der Waals surface area contributed by atoms with Crippen LogP contribution in [0.25, 0.3) is 0 Å². The zero-order chi connectivity index (χ0) is 11.3. The van der Waals surface area contributed by atoms with Crippen molar-refractivity contribution in [1.29, 1.82) is 0 Å². The van der Waals surface area contributed by atoms with Crippen molar-refractivity contribution >= 4 is 22.1 Å². The lowest BCUT2D eigenvalue weighted by Gasteiger charge is -2.02. The Hall–Kier alpha value is -0.260. The lowest BCUT2D eigenvalue weighted by molar-refractivity contribution is 0.663. The molecule has 0 aliphatic rings. The number of hydrogen-bond donors (Lipinski definition) is 1. The first-order valence-corrected chi connectivity index (χ1v) is 7.57. The monoisotopic (exact) mass is 246 g/mol. The lowest BCUT2D eigenvalue weighted by Crippen LogP contribution is -2.16. The molecule has 0 fully saturated rings. The summed E-state index contributed by atoms with van der Waals surface area (Å²) in [6.07, 6.45) is 2.72. The van der Waals surface area contributed by atoms with Crippen LogP contribution in [0, 0.1) is 13.8 Å². The van der Waals surface area contributed by atoms with Crippen molar-refractivity contribution in [3.63, 3.8) is 0 Å². The fourth-order valence-corrected chi connectivity index (χ4v) is 2.80. The van der Waals surface area contributed by atoms with Crippen molar-refractivity contribution in [2.75, 3.05) is 18.6 Å². The lowest BCUT2D eigenvalue weighted by atomic mass is 10.4. The van der Waals surface area contributed by atoms with Crippen LogP contribution in [0.2, 0.25) is 0 Å². The van der Waals surface area contributed by atoms with E-state index in [4.69, 9.17) is 0 Å². The molecule has 0 amide bonds. The normalized spacial score (nSPS) is 13.0. The minimum Gasteiger partial charge on any atom is -0.312 e. The van der Waals surface area contributed by atoms with Gasteiger partial charge >= 0.3 is 0 Å². The Morgan fingerprint density at radius 3 is 2.73 bits per heavy atom. The molecule has 0 spiro atoms. The van der Waals surface area contributed by atoms with E-state index < -0.39 is 10.8 Å². The van der Waals surface area contributed by atoms with Gasteiger partial charge in [0.1, 0.15) is 0 Å². The number of hydrogen-bond acceptors (Lipinski definition) is 4. The first kappa shape index (κ1) is 12.8. The molecule has 0 aromatic carbocycles. The molecule has 3 nitrogen and oxygen atoms in total. The summed E-state index contributed by atoms with van der Waals surface area (Å²) in [5.74, 6) is 0.785. The molecule has 0 saturated heterocycles. The van der Waals surface area contributed by atoms with Gasteiger partial charge in [0.25, 0.3) is 0 Å². The van der Waals surface area contributed by atoms with Gasteiger partial charge in [0.2, 0.25) is 0 Å². The minimum atomic E-state index is -0.664. The van der Waals surface area contributed by atoms with Gasteiger partial charge in [0.15, 0.2) is 0 Å². The molecule has 5 heteroatoms. The molecule has 0 saturated carbocycles. The fourth-order valence-electron chi connectivity index (χ4n) is 1.34. The Kier molecular flexibility index (Phi) is 5.42. The SMILES string of the molecule is Cc1nc(C)c(CNCCCS(C)=O)s1. The van der Waals surface area contributed by atoms with Gasteiger partial charge in [-0.25, -0.2) is 4.98 Å². The molecule has 1 heterocycles. The molecule has 0 aliphatic heterocycles. The van der Waals surface area contributed by atoms with Crippen molar-refractivity contribution in [3.8, 4) is 0 Å². The van der Waals surface area contributed by atoms with Crippen LogP contribution in [0.5, 0.6) is 0 Å². The maximum absolute atomic E-state index is 10.8. The Morgan fingerprint density at radius 2 is 2.20 bits per heavy atom. The molecule has 1 aromatic rings. The van der Waals surface area contributed by atoms with E-state index >= 15 is 0 Å². The first-order chi connectivity index (χ1) is 7.09. The second-order valence-corrected chi connectivity index (χ2v) is 6.39. The molecule has 1 N–H and O–H groups in total. The predicted molar refractivity (Wildman–Crippen MR) is 66.8 cm³/mol. The number of thiazole rings is 1.